The van der Waals surface area contributed by atoms with Crippen molar-refractivity contribution in [2.24, 2.45) is 0 Å². The Morgan fingerprint density at radius 3 is 1.36 bits per heavy atom. The first kappa shape index (κ1) is 54.2. The average molecular weight is 818 g/mol. The molecule has 0 aliphatic rings. The third kappa shape index (κ3) is 39.1. The second-order valence-corrected chi connectivity index (χ2v) is 17.0. The van der Waals surface area contributed by atoms with Gasteiger partial charge in [-0.15, -0.1) is 0 Å². The van der Waals surface area contributed by atoms with Gasteiger partial charge in [-0.1, -0.05) is 180 Å². The lowest BCUT2D eigenvalue weighted by atomic mass is 10.0. The Labute approximate surface area is 341 Å². The number of aliphatic hydroxyl groups is 1. The number of carboxylic acids is 1. The number of hydrogen-bond donors (Lipinski definition) is 4. The Balaban J connectivity index is 3.88. The summed E-state index contributed by atoms with van der Waals surface area (Å²) < 4.78 is 26.8. The van der Waals surface area contributed by atoms with E-state index in [-0.39, 0.29) is 12.8 Å². The number of esters is 1. The first-order chi connectivity index (χ1) is 27.1. The number of phosphoric acid groups is 1. The highest BCUT2D eigenvalue weighted by Crippen LogP contribution is 2.43. The van der Waals surface area contributed by atoms with Gasteiger partial charge in [0.15, 0.2) is 6.04 Å². The summed E-state index contributed by atoms with van der Waals surface area (Å²) in [7, 11) is -4.75. The van der Waals surface area contributed by atoms with Gasteiger partial charge in [0.05, 0.1) is 13.2 Å². The molecule has 12 heteroatoms. The van der Waals surface area contributed by atoms with Gasteiger partial charge in [-0.3, -0.25) is 18.6 Å². The van der Waals surface area contributed by atoms with Gasteiger partial charge in [0, 0.05) is 12.8 Å². The van der Waals surface area contributed by atoms with Gasteiger partial charge in [0.1, 0.15) is 12.7 Å². The number of carbonyl (C=O) groups excluding carboxylic acids is 2. The predicted molar refractivity (Wildman–Crippen MR) is 226 cm³/mol. The maximum atomic E-state index is 12.3. The number of amides is 1. The summed E-state index contributed by atoms with van der Waals surface area (Å²) in [6, 6.07) is -1.55. The van der Waals surface area contributed by atoms with Crippen molar-refractivity contribution < 1.29 is 47.8 Å². The van der Waals surface area contributed by atoms with Crippen LogP contribution in [0.2, 0.25) is 0 Å². The molecule has 3 atom stereocenters. The Morgan fingerprint density at radius 1 is 0.554 bits per heavy atom. The lowest BCUT2D eigenvalue weighted by Crippen LogP contribution is -2.43. The minimum atomic E-state index is -4.75. The molecule has 0 fully saturated rings. The summed E-state index contributed by atoms with van der Waals surface area (Å²) in [4.78, 5) is 45.9. The Hall–Kier alpha value is -1.78. The van der Waals surface area contributed by atoms with Crippen molar-refractivity contribution in [3.05, 3.63) is 12.2 Å². The van der Waals surface area contributed by atoms with Crippen molar-refractivity contribution in [1.29, 1.82) is 0 Å². The molecule has 330 valence electrons. The molecule has 1 amide bonds. The van der Waals surface area contributed by atoms with E-state index >= 15 is 0 Å². The smallest absolute Gasteiger partial charge is 0.472 e. The molecule has 0 heterocycles. The number of phosphoric ester groups is 1. The Kier molecular flexibility index (Phi) is 38.7. The zero-order chi connectivity index (χ0) is 41.4. The summed E-state index contributed by atoms with van der Waals surface area (Å²) in [6.07, 6.45) is 39.4. The normalized spacial score (nSPS) is 13.8. The van der Waals surface area contributed by atoms with Crippen LogP contribution in [0.15, 0.2) is 12.2 Å². The molecule has 0 saturated carbocycles. The van der Waals surface area contributed by atoms with Crippen LogP contribution in [0.1, 0.15) is 219 Å². The van der Waals surface area contributed by atoms with E-state index in [1.165, 1.54) is 122 Å². The number of aliphatic carboxylic acids is 1. The highest BCUT2D eigenvalue weighted by molar-refractivity contribution is 7.47. The van der Waals surface area contributed by atoms with E-state index < -0.39 is 57.6 Å². The lowest BCUT2D eigenvalue weighted by molar-refractivity contribution is -0.147. The van der Waals surface area contributed by atoms with Crippen molar-refractivity contribution in [2.75, 3.05) is 19.8 Å². The second kappa shape index (κ2) is 40.0. The molecule has 56 heavy (non-hydrogen) atoms. The summed E-state index contributed by atoms with van der Waals surface area (Å²) in [6.45, 7) is 2.61. The fourth-order valence-electron chi connectivity index (χ4n) is 6.49. The second-order valence-electron chi connectivity index (χ2n) is 15.6. The number of hydrogen-bond acceptors (Lipinski definition) is 8. The van der Waals surface area contributed by atoms with Gasteiger partial charge in [-0.2, -0.15) is 0 Å². The molecule has 0 rings (SSSR count). The van der Waals surface area contributed by atoms with E-state index in [2.05, 4.69) is 31.3 Å². The van der Waals surface area contributed by atoms with E-state index in [1.54, 1.807) is 0 Å². The molecule has 0 spiro atoms. The van der Waals surface area contributed by atoms with Crippen molar-refractivity contribution in [2.45, 2.75) is 231 Å². The highest BCUT2D eigenvalue weighted by atomic mass is 31.2. The summed E-state index contributed by atoms with van der Waals surface area (Å²) >= 11 is 0. The molecule has 0 aliphatic heterocycles. The molecule has 3 unspecified atom stereocenters. The molecule has 0 aromatic heterocycles. The van der Waals surface area contributed by atoms with Crippen LogP contribution >= 0.6 is 7.82 Å². The molecule has 4 N–H and O–H groups in total. The highest BCUT2D eigenvalue weighted by Gasteiger charge is 2.28. The number of rotatable bonds is 43. The summed E-state index contributed by atoms with van der Waals surface area (Å²) in [5.41, 5.74) is 0. The quantitative estimate of drug-likeness (QED) is 0.0201. The first-order valence-electron chi connectivity index (χ1n) is 22.7. The van der Waals surface area contributed by atoms with Crippen molar-refractivity contribution in [3.8, 4) is 0 Å². The van der Waals surface area contributed by atoms with Crippen LogP contribution < -0.4 is 5.32 Å². The zero-order valence-corrected chi connectivity index (χ0v) is 36.6. The summed E-state index contributed by atoms with van der Waals surface area (Å²) in [5.74, 6) is -2.37. The molecule has 0 aliphatic carbocycles. The van der Waals surface area contributed by atoms with Crippen molar-refractivity contribution in [3.63, 3.8) is 0 Å². The zero-order valence-electron chi connectivity index (χ0n) is 35.7. The topological polar surface area (TPSA) is 169 Å². The third-order valence-corrected chi connectivity index (χ3v) is 11.0. The van der Waals surface area contributed by atoms with Gasteiger partial charge < -0.3 is 25.2 Å². The predicted octanol–water partition coefficient (Wildman–Crippen LogP) is 11.7. The molecule has 0 aromatic carbocycles. The van der Waals surface area contributed by atoms with E-state index in [0.29, 0.717) is 12.8 Å². The molecule has 0 saturated heterocycles. The van der Waals surface area contributed by atoms with Crippen LogP contribution in [0.25, 0.3) is 0 Å². The van der Waals surface area contributed by atoms with Gasteiger partial charge >= 0.3 is 19.8 Å². The number of unbranched alkanes of at least 4 members (excludes halogenated alkanes) is 27. The van der Waals surface area contributed by atoms with E-state index in [9.17, 15) is 34.1 Å². The first-order valence-corrected chi connectivity index (χ1v) is 24.2. The molecule has 0 aromatic rings. The third-order valence-electron chi connectivity index (χ3n) is 10.1. The van der Waals surface area contributed by atoms with Gasteiger partial charge in [0.2, 0.25) is 5.91 Å². The van der Waals surface area contributed by atoms with Crippen molar-refractivity contribution in [1.82, 2.24) is 5.32 Å². The lowest BCUT2D eigenvalue weighted by Gasteiger charge is -2.18. The fourth-order valence-corrected chi connectivity index (χ4v) is 7.26. The van der Waals surface area contributed by atoms with E-state index in [1.807, 2.05) is 0 Å². The van der Waals surface area contributed by atoms with Crippen LogP contribution in [-0.4, -0.2) is 64.9 Å². The van der Waals surface area contributed by atoms with E-state index in [0.717, 1.165) is 57.8 Å². The van der Waals surface area contributed by atoms with Gasteiger partial charge in [-0.05, 0) is 38.5 Å². The molecule has 0 bridgehead atoms. The minimum Gasteiger partial charge on any atom is -0.480 e. The Bertz CT molecular complexity index is 1010. The monoisotopic (exact) mass is 818 g/mol. The molecular formula is C44H84NO10P. The minimum absolute atomic E-state index is 0.139. The summed E-state index contributed by atoms with van der Waals surface area (Å²) in [5, 5.41) is 21.8. The standard InChI is InChI=1S/C44H84NO10P/c1-3-5-7-9-11-13-15-17-19-21-23-25-27-29-31-33-35-42(47)45-41(44(49)50)39-55-56(51,52)54-38-40(46)37-53-43(48)36-34-32-30-28-26-24-22-20-18-16-14-12-10-8-6-4-2/h19,21,40-41,46H,3-18,20,22-39H2,1-2H3,(H,45,47)(H,49,50)(H,51,52)/b21-19-. The number of carbonyl (C=O) groups is 3. The maximum absolute atomic E-state index is 12.3. The van der Waals surface area contributed by atoms with Crippen molar-refractivity contribution >= 4 is 25.7 Å². The fraction of sp³-hybridized carbons (Fsp3) is 0.886. The van der Waals surface area contributed by atoms with E-state index in [4.69, 9.17) is 13.8 Å². The van der Waals surface area contributed by atoms with Gasteiger partial charge in [0.25, 0.3) is 0 Å². The maximum Gasteiger partial charge on any atom is 0.472 e. The number of allylic oxidation sites excluding steroid dienone is 2. The number of aliphatic hydroxyl groups excluding tert-OH is 1. The number of carboxylic acid groups (broad SMARTS) is 1. The van der Waals surface area contributed by atoms with Crippen LogP contribution in [0.5, 0.6) is 0 Å². The van der Waals surface area contributed by atoms with Crippen LogP contribution in [0, 0.1) is 0 Å². The largest absolute Gasteiger partial charge is 0.480 e. The average Bonchev–Trinajstić information content (AvgIpc) is 3.17. The van der Waals surface area contributed by atoms with Gasteiger partial charge in [-0.25, -0.2) is 9.36 Å². The number of ether oxygens (including phenoxy) is 1. The van der Waals surface area contributed by atoms with Crippen LogP contribution in [0.4, 0.5) is 0 Å². The van der Waals surface area contributed by atoms with Crippen LogP contribution in [0.3, 0.4) is 0 Å². The number of nitrogens with one attached hydrogen (secondary N) is 1. The molecular weight excluding hydrogens is 733 g/mol. The molecule has 11 nitrogen and oxygen atoms in total. The molecule has 0 radical (unpaired) electrons. The Morgan fingerprint density at radius 2 is 0.929 bits per heavy atom. The SMILES string of the molecule is CCCCCCCCC/C=C\CCCCCCCC(=O)NC(COP(=O)(O)OCC(O)COC(=O)CCCCCCCCCCCCCCCCCC)C(=O)O. The van der Waals surface area contributed by atoms with Crippen LogP contribution in [-0.2, 0) is 32.7 Å².